The van der Waals surface area contributed by atoms with Crippen LogP contribution in [0.25, 0.3) is 0 Å². The van der Waals surface area contributed by atoms with Crippen LogP contribution < -0.4 is 19.7 Å². The second-order valence-corrected chi connectivity index (χ2v) is 39.8. The quantitative estimate of drug-likeness (QED) is 0.0155. The smallest absolute Gasteiger partial charge is 0.462 e. The molecule has 2 amide bonds. The van der Waals surface area contributed by atoms with E-state index in [0.29, 0.717) is 44.1 Å². The number of hydrogen-bond donors (Lipinski definition) is 3. The maximum absolute atomic E-state index is 16.0. The van der Waals surface area contributed by atoms with Crippen molar-refractivity contribution in [1.29, 1.82) is 0 Å². The first kappa shape index (κ1) is 108. The average molecular weight is 1920 g/mol. The number of hydrogen-bond acceptors (Lipinski definition) is 24. The topological polar surface area (TPSA) is 319 Å². The zero-order chi connectivity index (χ0) is 89.4. The first-order valence-electron chi connectivity index (χ1n) is 42.9. The molecule has 5 rings (SSSR count). The molecule has 3 aromatic carbocycles. The first-order valence-corrected chi connectivity index (χ1v) is 47.7. The Morgan fingerprint density at radius 2 is 0.885 bits per heavy atom. The molecule has 692 valence electrons. The molecule has 0 radical (unpaired) electrons. The number of phosphoric acid groups is 1. The van der Waals surface area contributed by atoms with Crippen LogP contribution in [0.5, 0.6) is 11.5 Å². The Bertz CT molecular complexity index is 3460. The van der Waals surface area contributed by atoms with Gasteiger partial charge in [0.1, 0.15) is 80.0 Å². The minimum Gasteiger partial charge on any atom is -0.462 e. The lowest BCUT2D eigenvalue weighted by Crippen LogP contribution is -2.68. The number of unbranched alkanes of at least 4 members (excludes halogenated alkanes) is 24. The number of amides is 2. The number of para-hydroxylation sites is 2. The third-order valence-corrected chi connectivity index (χ3v) is 23.4. The largest absolute Gasteiger partial charge is 0.588 e. The van der Waals surface area contributed by atoms with Crippen LogP contribution in [-0.2, 0) is 91.7 Å². The minimum absolute atomic E-state index is 0.0332. The van der Waals surface area contributed by atoms with Gasteiger partial charge in [0.2, 0.25) is 17.3 Å². The van der Waals surface area contributed by atoms with E-state index < -0.39 is 180 Å². The number of halogens is 9. The van der Waals surface area contributed by atoms with Gasteiger partial charge in [-0.15, -0.1) is 0 Å². The SMILES string of the molecule is CCCCCCCCCCC[C@H](CC(=O)N[C@H]1[C@H](OCc2ccccc2)O[C@H](CO[C@@H]2O[C@H](COC(=O)OC(C)(C)C(Cl)(Cl)Cl)[C@@H](OP(=O)(Oc3ccccc3)Oc3ccccc3)[C@H](OC(=O)C[C@@H](CCCCCCCCCCC)OC(=O)CCCCCCC)[C@H]2NC(=O)OCC(Cl)(Cl)Cl)[C@@H](O)[C@@H]1OC(=O)OCC(Cl)(Cl)Cl)OC(=O)CCCCCCC. The number of esters is 3. The molecule has 2 fully saturated rings. The lowest BCUT2D eigenvalue weighted by atomic mass is 9.95. The van der Waals surface area contributed by atoms with Gasteiger partial charge in [-0.05, 0) is 82.2 Å². The highest BCUT2D eigenvalue weighted by atomic mass is 35.6. The molecule has 0 aliphatic carbocycles. The molecule has 0 aromatic heterocycles. The van der Waals surface area contributed by atoms with Crippen LogP contribution in [0.1, 0.15) is 265 Å². The summed E-state index contributed by atoms with van der Waals surface area (Å²) in [5, 5.41) is 18.3. The fraction of sp³-hybridized carbons (Fsp3) is 0.709. The Morgan fingerprint density at radius 1 is 0.459 bits per heavy atom. The van der Waals surface area contributed by atoms with Crippen molar-refractivity contribution in [2.24, 2.45) is 0 Å². The number of alkyl halides is 9. The van der Waals surface area contributed by atoms with Crippen LogP contribution in [0.15, 0.2) is 91.0 Å². The van der Waals surface area contributed by atoms with E-state index in [1.54, 1.807) is 66.7 Å². The van der Waals surface area contributed by atoms with E-state index in [9.17, 15) is 33.9 Å². The molecular weight excluding hydrogens is 1790 g/mol. The summed E-state index contributed by atoms with van der Waals surface area (Å²) in [6.45, 7) is 6.88. The van der Waals surface area contributed by atoms with Gasteiger partial charge in [-0.2, -0.15) is 0 Å². The molecule has 122 heavy (non-hydrogen) atoms. The number of rotatable bonds is 59. The van der Waals surface area contributed by atoms with Crippen LogP contribution in [0, 0.1) is 0 Å². The van der Waals surface area contributed by atoms with Crippen molar-refractivity contribution in [3.05, 3.63) is 96.6 Å². The number of benzene rings is 3. The van der Waals surface area contributed by atoms with Crippen molar-refractivity contribution in [1.82, 2.24) is 10.6 Å². The summed E-state index contributed by atoms with van der Waals surface area (Å²) >= 11 is 55.5. The Hall–Kier alpha value is -4.45. The normalized spacial score (nSPS) is 20.0. The first-order chi connectivity index (χ1) is 58.1. The van der Waals surface area contributed by atoms with Crippen LogP contribution in [0.4, 0.5) is 14.4 Å². The fourth-order valence-corrected chi connectivity index (χ4v) is 15.2. The van der Waals surface area contributed by atoms with Gasteiger partial charge in [0.25, 0.3) is 0 Å². The summed E-state index contributed by atoms with van der Waals surface area (Å²) in [6, 6.07) is 20.1. The van der Waals surface area contributed by atoms with Gasteiger partial charge in [-0.1, -0.05) is 353 Å². The summed E-state index contributed by atoms with van der Waals surface area (Å²) in [5.41, 5.74) is -1.35. The van der Waals surface area contributed by atoms with Gasteiger partial charge in [0.15, 0.2) is 30.4 Å². The van der Waals surface area contributed by atoms with Crippen LogP contribution in [-0.4, -0.2) is 164 Å². The second-order valence-electron chi connectivity index (χ2n) is 31.0. The molecule has 0 saturated carbocycles. The molecule has 3 N–H and O–H groups in total. The van der Waals surface area contributed by atoms with Crippen molar-refractivity contribution in [3.63, 3.8) is 0 Å². The molecule has 12 atom stereocenters. The van der Waals surface area contributed by atoms with Crippen LogP contribution in [0.2, 0.25) is 0 Å². The molecule has 0 spiro atoms. The standard InChI is InChI=1S/C86H126Cl9N2O24P/c1-7-11-15-19-21-23-25-29-36-50-64(112-69(99)52-42-27-17-13-9-3)54-68(98)96-72-76(117-81(104)111-60-85(90,91)92)74(102)66(114-78(72)107-56-61-44-34-31-35-45-61)57-108-79-73(97-80(103)110-59-84(87,88)89)77(116-71(101)55-65(113-70(100)53-43-28-18-14-10-4)51-37-30-26-24-22-20-16-12-8-2)75(67(115-79)58-109-82(105)118-83(5,6)86(93,94)95)121-122(106,119-62-46-38-32-39-47-62)120-63-48-40-33-41-49-63/h31-35,38-41,44-49,64-67,72-79,102H,7-30,36-37,42-43,50-60H2,1-6H3,(H,96,98)(H,97,103)/t64-,65-,66-,67-,72-,73-,74-,75-,76-,77-,78-,79-/m1/s1. The van der Waals surface area contributed by atoms with E-state index in [1.165, 1.54) is 44.5 Å². The van der Waals surface area contributed by atoms with E-state index in [2.05, 4.69) is 38.3 Å². The molecule has 26 nitrogen and oxygen atoms in total. The summed E-state index contributed by atoms with van der Waals surface area (Å²) in [7, 11) is -5.33. The van der Waals surface area contributed by atoms with Gasteiger partial charge < -0.3 is 81.6 Å². The average Bonchev–Trinajstić information content (AvgIpc) is 0.677. The molecule has 0 bridgehead atoms. The Morgan fingerprint density at radius 3 is 1.36 bits per heavy atom. The summed E-state index contributed by atoms with van der Waals surface area (Å²) in [6.07, 6.45) is 2.72. The molecule has 36 heteroatoms. The molecule has 2 heterocycles. The van der Waals surface area contributed by atoms with Crippen molar-refractivity contribution in [3.8, 4) is 11.5 Å². The third-order valence-electron chi connectivity index (χ3n) is 20.0. The number of carbonyl (C=O) groups is 7. The number of phosphoric ester groups is 1. The minimum atomic E-state index is -5.33. The Kier molecular flexibility index (Phi) is 52.2. The van der Waals surface area contributed by atoms with E-state index in [1.807, 2.05) is 0 Å². The highest BCUT2D eigenvalue weighted by Gasteiger charge is 2.57. The Balaban J connectivity index is 1.71. The second kappa shape index (κ2) is 58.9. The fourth-order valence-electron chi connectivity index (χ4n) is 13.4. The van der Waals surface area contributed by atoms with Crippen molar-refractivity contribution in [2.45, 2.75) is 357 Å². The number of aliphatic hydroxyl groups is 1. The van der Waals surface area contributed by atoms with Crippen molar-refractivity contribution in [2.75, 3.05) is 26.4 Å². The van der Waals surface area contributed by atoms with Crippen molar-refractivity contribution < 1.29 is 114 Å². The van der Waals surface area contributed by atoms with Gasteiger partial charge in [0, 0.05) is 12.8 Å². The zero-order valence-corrected chi connectivity index (χ0v) is 78.5. The number of ether oxygens (including phenoxy) is 12. The van der Waals surface area contributed by atoms with E-state index in [0.717, 1.165) is 141 Å². The van der Waals surface area contributed by atoms with Gasteiger partial charge >= 0.3 is 44.1 Å². The van der Waals surface area contributed by atoms with E-state index in [4.69, 9.17) is 175 Å². The van der Waals surface area contributed by atoms with Crippen LogP contribution >= 0.6 is 112 Å². The zero-order valence-electron chi connectivity index (χ0n) is 70.9. The summed E-state index contributed by atoms with van der Waals surface area (Å²) < 4.78 is 101. The lowest BCUT2D eigenvalue weighted by molar-refractivity contribution is -0.305. The maximum Gasteiger partial charge on any atom is 0.588 e. The maximum atomic E-state index is 16.0. The van der Waals surface area contributed by atoms with Gasteiger partial charge in [-0.25, -0.2) is 18.9 Å². The van der Waals surface area contributed by atoms with Gasteiger partial charge in [-0.3, -0.25) is 23.7 Å². The molecule has 3 aromatic rings. The predicted molar refractivity (Wildman–Crippen MR) is 470 cm³/mol. The Labute approximate surface area is 764 Å². The van der Waals surface area contributed by atoms with Gasteiger partial charge in [0.05, 0.1) is 26.1 Å². The van der Waals surface area contributed by atoms with Crippen LogP contribution in [0.3, 0.4) is 0 Å². The molecule has 0 unspecified atom stereocenters. The van der Waals surface area contributed by atoms with E-state index >= 15 is 9.36 Å². The molecular formula is C86H126Cl9N2O24P. The number of alkyl carbamates (subject to hydrolysis) is 1. The number of aliphatic hydroxyl groups excluding tert-OH is 1. The lowest BCUT2D eigenvalue weighted by Gasteiger charge is -2.47. The molecule has 2 aliphatic rings. The highest BCUT2D eigenvalue weighted by molar-refractivity contribution is 7.49. The molecule has 2 saturated heterocycles. The van der Waals surface area contributed by atoms with E-state index in [-0.39, 0.29) is 37.4 Å². The monoisotopic (exact) mass is 1920 g/mol. The summed E-state index contributed by atoms with van der Waals surface area (Å²) in [4.78, 5) is 101. The highest BCUT2D eigenvalue weighted by Crippen LogP contribution is 2.53. The number of carbonyl (C=O) groups excluding carboxylic acids is 7. The predicted octanol–water partition coefficient (Wildman–Crippen LogP) is 22.9. The summed E-state index contributed by atoms with van der Waals surface area (Å²) in [5.74, 6) is -3.17. The number of nitrogens with one attached hydrogen (secondary N) is 2. The molecule has 2 aliphatic heterocycles. The van der Waals surface area contributed by atoms with Crippen molar-refractivity contribution >= 4 is 154 Å². The third kappa shape index (κ3) is 45.0.